The number of aromatic amines is 1. The third kappa shape index (κ3) is 3.80. The lowest BCUT2D eigenvalue weighted by Gasteiger charge is -2.30. The van der Waals surface area contributed by atoms with Crippen LogP contribution in [0.15, 0.2) is 4.90 Å². The number of hydrogen-bond acceptors (Lipinski definition) is 5. The molecule has 2 unspecified atom stereocenters. The van der Waals surface area contributed by atoms with Crippen molar-refractivity contribution in [3.8, 4) is 0 Å². The number of H-pyrrole nitrogens is 1. The predicted molar refractivity (Wildman–Crippen MR) is 86.0 cm³/mol. The van der Waals surface area contributed by atoms with Gasteiger partial charge in [0.05, 0.1) is 11.4 Å². The summed E-state index contributed by atoms with van der Waals surface area (Å²) in [5, 5.41) is 10.2. The van der Waals surface area contributed by atoms with Crippen molar-refractivity contribution < 1.29 is 8.42 Å². The Kier molecular flexibility index (Phi) is 5.70. The summed E-state index contributed by atoms with van der Waals surface area (Å²) < 4.78 is 28.4. The van der Waals surface area contributed by atoms with Gasteiger partial charge >= 0.3 is 0 Å². The van der Waals surface area contributed by atoms with Crippen molar-refractivity contribution in [1.82, 2.24) is 20.2 Å². The van der Waals surface area contributed by atoms with Crippen molar-refractivity contribution in [2.75, 3.05) is 13.3 Å². The Morgan fingerprint density at radius 3 is 2.76 bits per heavy atom. The molecule has 1 aromatic heterocycles. The zero-order valence-electron chi connectivity index (χ0n) is 12.8. The second kappa shape index (κ2) is 7.13. The first kappa shape index (κ1) is 16.8. The minimum atomic E-state index is -3.54. The number of sulfonamides is 1. The maximum Gasteiger partial charge on any atom is 0.244 e. The molecule has 2 atom stereocenters. The van der Waals surface area contributed by atoms with E-state index in [1.165, 1.54) is 6.42 Å². The van der Waals surface area contributed by atoms with Gasteiger partial charge in [-0.15, -0.1) is 0 Å². The number of aromatic nitrogens is 2. The summed E-state index contributed by atoms with van der Waals surface area (Å²) in [7, 11) is -1.76. The van der Waals surface area contributed by atoms with Gasteiger partial charge in [-0.3, -0.25) is 5.10 Å². The first-order chi connectivity index (χ1) is 9.99. The molecule has 0 spiro atoms. The molecule has 6 nitrogen and oxygen atoms in total. The normalized spacial score (nSPS) is 23.4. The highest BCUT2D eigenvalue weighted by Crippen LogP contribution is 2.29. The molecule has 1 heterocycles. The van der Waals surface area contributed by atoms with Gasteiger partial charge < -0.3 is 5.32 Å². The van der Waals surface area contributed by atoms with Crippen LogP contribution in [0.3, 0.4) is 0 Å². The first-order valence-corrected chi connectivity index (χ1v) is 10.00. The number of thioether (sulfide) groups is 1. The second-order valence-corrected chi connectivity index (χ2v) is 8.17. The minimum Gasteiger partial charge on any atom is -0.314 e. The molecular weight excluding hydrogens is 308 g/mol. The quantitative estimate of drug-likeness (QED) is 0.733. The molecule has 1 aromatic rings. The fraction of sp³-hybridized carbons (Fsp3) is 0.769. The minimum absolute atomic E-state index is 0.00971. The van der Waals surface area contributed by atoms with Crippen LogP contribution in [0.4, 0.5) is 0 Å². The highest BCUT2D eigenvalue weighted by atomic mass is 32.2. The number of nitrogens with zero attached hydrogens (tertiary/aromatic N) is 1. The number of hydrogen-bond donors (Lipinski definition) is 3. The zero-order valence-corrected chi connectivity index (χ0v) is 14.4. The number of nitrogens with one attached hydrogen (secondary N) is 3. The largest absolute Gasteiger partial charge is 0.314 e. The summed E-state index contributed by atoms with van der Waals surface area (Å²) in [5.41, 5.74) is 1.13. The van der Waals surface area contributed by atoms with Gasteiger partial charge in [0.15, 0.2) is 0 Å². The van der Waals surface area contributed by atoms with Crippen LogP contribution < -0.4 is 10.0 Å². The van der Waals surface area contributed by atoms with Crippen LogP contribution in [0.5, 0.6) is 0 Å². The van der Waals surface area contributed by atoms with Gasteiger partial charge in [-0.25, -0.2) is 13.1 Å². The Balaban J connectivity index is 2.23. The monoisotopic (exact) mass is 332 g/mol. The van der Waals surface area contributed by atoms with E-state index in [0.717, 1.165) is 19.3 Å². The molecule has 0 aromatic carbocycles. The average Bonchev–Trinajstić information content (AvgIpc) is 2.81. The molecular formula is C13H24N4O2S2. The highest BCUT2D eigenvalue weighted by molar-refractivity contribution is 7.99. The van der Waals surface area contributed by atoms with Crippen molar-refractivity contribution in [1.29, 1.82) is 0 Å². The smallest absolute Gasteiger partial charge is 0.244 e. The molecule has 0 radical (unpaired) electrons. The van der Waals surface area contributed by atoms with E-state index < -0.39 is 10.0 Å². The first-order valence-electron chi connectivity index (χ1n) is 7.23. The Labute approximate surface area is 130 Å². The Morgan fingerprint density at radius 2 is 2.10 bits per heavy atom. The topological polar surface area (TPSA) is 86.9 Å². The maximum atomic E-state index is 12.7. The number of aryl methyl sites for hydroxylation is 1. The lowest BCUT2D eigenvalue weighted by Crippen LogP contribution is -2.43. The molecule has 120 valence electrons. The molecule has 1 saturated carbocycles. The molecule has 0 amide bonds. The molecule has 3 N–H and O–H groups in total. The van der Waals surface area contributed by atoms with Crippen LogP contribution in [-0.2, 0) is 16.6 Å². The van der Waals surface area contributed by atoms with Crippen LogP contribution in [0.2, 0.25) is 0 Å². The van der Waals surface area contributed by atoms with Crippen molar-refractivity contribution >= 4 is 21.8 Å². The fourth-order valence-electron chi connectivity index (χ4n) is 2.89. The summed E-state index contributed by atoms with van der Waals surface area (Å²) in [6.45, 7) is 2.17. The molecule has 21 heavy (non-hydrogen) atoms. The summed E-state index contributed by atoms with van der Waals surface area (Å²) >= 11 is 1.75. The predicted octanol–water partition coefficient (Wildman–Crippen LogP) is 1.39. The molecule has 1 aliphatic carbocycles. The van der Waals surface area contributed by atoms with Gasteiger partial charge in [-0.1, -0.05) is 12.8 Å². The maximum absolute atomic E-state index is 12.7. The Bertz CT molecular complexity index is 571. The van der Waals surface area contributed by atoms with Crippen LogP contribution in [0, 0.1) is 6.92 Å². The van der Waals surface area contributed by atoms with E-state index in [1.807, 2.05) is 6.26 Å². The van der Waals surface area contributed by atoms with E-state index in [2.05, 4.69) is 20.2 Å². The van der Waals surface area contributed by atoms with Gasteiger partial charge in [0, 0.05) is 17.8 Å². The van der Waals surface area contributed by atoms with Gasteiger partial charge in [-0.2, -0.15) is 16.9 Å². The van der Waals surface area contributed by atoms with Gasteiger partial charge in [0.25, 0.3) is 0 Å². The molecule has 1 aliphatic rings. The molecule has 0 bridgehead atoms. The van der Waals surface area contributed by atoms with Gasteiger partial charge in [0.1, 0.15) is 4.90 Å². The van der Waals surface area contributed by atoms with E-state index in [0.29, 0.717) is 28.1 Å². The summed E-state index contributed by atoms with van der Waals surface area (Å²) in [5.74, 6) is 0. The van der Waals surface area contributed by atoms with E-state index in [9.17, 15) is 8.42 Å². The lowest BCUT2D eigenvalue weighted by atomic mass is 9.96. The summed E-state index contributed by atoms with van der Waals surface area (Å²) in [6.07, 6.45) is 6.29. The average molecular weight is 332 g/mol. The van der Waals surface area contributed by atoms with Crippen molar-refractivity contribution in [2.45, 2.75) is 55.3 Å². The van der Waals surface area contributed by atoms with Gasteiger partial charge in [-0.05, 0) is 33.1 Å². The van der Waals surface area contributed by atoms with E-state index in [1.54, 1.807) is 25.7 Å². The molecule has 2 rings (SSSR count). The summed E-state index contributed by atoms with van der Waals surface area (Å²) in [4.78, 5) is 0.294. The zero-order chi connectivity index (χ0) is 15.5. The SMILES string of the molecule is CNCc1n[nH]c(C)c1S(=O)(=O)NC1CCCCC1SC. The molecule has 1 fully saturated rings. The van der Waals surface area contributed by atoms with Crippen LogP contribution in [-0.4, -0.2) is 43.2 Å². The van der Waals surface area contributed by atoms with Crippen molar-refractivity contribution in [3.63, 3.8) is 0 Å². The molecule has 0 saturated heterocycles. The number of rotatable bonds is 6. The van der Waals surface area contributed by atoms with Crippen LogP contribution >= 0.6 is 11.8 Å². The fourth-order valence-corrected chi connectivity index (χ4v) is 5.58. The van der Waals surface area contributed by atoms with Crippen LogP contribution in [0.25, 0.3) is 0 Å². The van der Waals surface area contributed by atoms with Gasteiger partial charge in [0.2, 0.25) is 10.0 Å². The highest BCUT2D eigenvalue weighted by Gasteiger charge is 2.31. The van der Waals surface area contributed by atoms with E-state index >= 15 is 0 Å². The molecule has 0 aliphatic heterocycles. The van der Waals surface area contributed by atoms with Crippen molar-refractivity contribution in [3.05, 3.63) is 11.4 Å². The standard InChI is InChI=1S/C13H24N4O2S2/c1-9-13(11(8-14-2)16-15-9)21(18,19)17-10-6-4-5-7-12(10)20-3/h10,12,14,17H,4-8H2,1-3H3,(H,15,16). The van der Waals surface area contributed by atoms with E-state index in [4.69, 9.17) is 0 Å². The third-order valence-corrected chi connectivity index (χ3v) is 6.75. The Morgan fingerprint density at radius 1 is 1.38 bits per heavy atom. The van der Waals surface area contributed by atoms with Crippen LogP contribution in [0.1, 0.15) is 37.1 Å². The summed E-state index contributed by atoms with van der Waals surface area (Å²) in [6, 6.07) is 0.00971. The second-order valence-electron chi connectivity index (χ2n) is 5.44. The molecule has 8 heteroatoms. The van der Waals surface area contributed by atoms with E-state index in [-0.39, 0.29) is 6.04 Å². The lowest BCUT2D eigenvalue weighted by molar-refractivity contribution is 0.423. The third-order valence-electron chi connectivity index (χ3n) is 3.89. The Hall–Kier alpha value is -0.570. The van der Waals surface area contributed by atoms with Crippen molar-refractivity contribution in [2.24, 2.45) is 0 Å².